The third-order valence-electron chi connectivity index (χ3n) is 3.60. The molecule has 0 aliphatic carbocycles. The minimum Gasteiger partial charge on any atom is -0.286 e. The molecule has 0 saturated carbocycles. The molecule has 0 unspecified atom stereocenters. The third-order valence-corrected chi connectivity index (χ3v) is 3.60. The fourth-order valence-electron chi connectivity index (χ4n) is 2.41. The quantitative estimate of drug-likeness (QED) is 0.535. The van der Waals surface area contributed by atoms with Gasteiger partial charge in [0.25, 0.3) is 0 Å². The van der Waals surface area contributed by atoms with Gasteiger partial charge in [0.05, 0.1) is 0 Å². The predicted molar refractivity (Wildman–Crippen MR) is 56.5 cm³/mol. The van der Waals surface area contributed by atoms with E-state index in [2.05, 4.69) is 0 Å². The summed E-state index contributed by atoms with van der Waals surface area (Å²) in [5, 5.41) is 0. The summed E-state index contributed by atoms with van der Waals surface area (Å²) >= 11 is 0. The molecule has 2 saturated heterocycles. The van der Waals surface area contributed by atoms with E-state index in [4.69, 9.17) is 0 Å². The van der Waals surface area contributed by atoms with Crippen molar-refractivity contribution in [1.29, 1.82) is 0 Å². The van der Waals surface area contributed by atoms with E-state index in [1.54, 1.807) is 0 Å². The Morgan fingerprint density at radius 2 is 0.941 bits per heavy atom. The molecule has 2 fully saturated rings. The van der Waals surface area contributed by atoms with Gasteiger partial charge in [-0.15, -0.1) is 0 Å². The fraction of sp³-hybridized carbons (Fsp3) is 0.636. The lowest BCUT2D eigenvalue weighted by Crippen LogP contribution is -2.53. The summed E-state index contributed by atoms with van der Waals surface area (Å²) in [7, 11) is 2.85. The van der Waals surface area contributed by atoms with Gasteiger partial charge < -0.3 is 0 Å². The van der Waals surface area contributed by atoms with Crippen molar-refractivity contribution in [1.82, 2.24) is 9.80 Å². The Morgan fingerprint density at radius 3 is 1.18 bits per heavy atom. The van der Waals surface area contributed by atoms with E-state index >= 15 is 0 Å². The van der Waals surface area contributed by atoms with Crippen LogP contribution < -0.4 is 0 Å². The first-order chi connectivity index (χ1) is 7.84. The molecule has 2 heterocycles. The van der Waals surface area contributed by atoms with Crippen molar-refractivity contribution >= 4 is 23.6 Å². The Bertz CT molecular complexity index is 350. The van der Waals surface area contributed by atoms with Gasteiger partial charge in [-0.2, -0.15) is 0 Å². The third kappa shape index (κ3) is 1.83. The highest BCUT2D eigenvalue weighted by Gasteiger charge is 2.49. The molecule has 0 atom stereocenters. The number of carbonyl (C=O) groups is 4. The molecule has 0 aromatic carbocycles. The molecule has 6 nitrogen and oxygen atoms in total. The number of piperidine rings is 2. The summed E-state index contributed by atoms with van der Waals surface area (Å²) in [6, 6.07) is 0. The molecule has 4 amide bonds. The lowest BCUT2D eigenvalue weighted by Gasteiger charge is -2.42. The summed E-state index contributed by atoms with van der Waals surface area (Å²) < 4.78 is 0. The van der Waals surface area contributed by atoms with Gasteiger partial charge in [0.15, 0.2) is 0 Å². The van der Waals surface area contributed by atoms with Gasteiger partial charge in [0.1, 0.15) is 0 Å². The first-order valence-electron chi connectivity index (χ1n) is 5.43. The highest BCUT2D eigenvalue weighted by Crippen LogP contribution is 2.42. The Morgan fingerprint density at radius 1 is 0.706 bits per heavy atom. The van der Waals surface area contributed by atoms with Crippen LogP contribution in [0, 0.1) is 5.41 Å². The standard InChI is InChI=1S/C11H14N2O4/c1-12-7(14)3-11(4-8(12)15)5-9(16)13(2)10(17)6-11/h3-6H2,1-2H3. The van der Waals surface area contributed by atoms with E-state index in [1.165, 1.54) is 14.1 Å². The molecule has 0 bridgehead atoms. The average Bonchev–Trinajstić information content (AvgIpc) is 2.22. The summed E-state index contributed by atoms with van der Waals surface area (Å²) in [4.78, 5) is 48.7. The highest BCUT2D eigenvalue weighted by molar-refractivity contribution is 6.03. The molecule has 0 radical (unpaired) electrons. The van der Waals surface area contributed by atoms with Crippen LogP contribution in [0.5, 0.6) is 0 Å². The van der Waals surface area contributed by atoms with Crippen LogP contribution in [-0.4, -0.2) is 47.5 Å². The second-order valence-electron chi connectivity index (χ2n) is 4.90. The molecular formula is C11H14N2O4. The summed E-state index contributed by atoms with van der Waals surface area (Å²) in [5.41, 5.74) is -0.776. The van der Waals surface area contributed by atoms with Crippen LogP contribution in [0.3, 0.4) is 0 Å². The normalized spacial score (nSPS) is 24.8. The van der Waals surface area contributed by atoms with Gasteiger partial charge in [-0.3, -0.25) is 29.0 Å². The minimum absolute atomic E-state index is 0.0978. The molecule has 6 heteroatoms. The van der Waals surface area contributed by atoms with Crippen molar-refractivity contribution in [2.75, 3.05) is 14.1 Å². The maximum absolute atomic E-state index is 11.6. The first kappa shape index (κ1) is 11.8. The van der Waals surface area contributed by atoms with Crippen molar-refractivity contribution in [3.63, 3.8) is 0 Å². The van der Waals surface area contributed by atoms with Crippen LogP contribution >= 0.6 is 0 Å². The summed E-state index contributed by atoms with van der Waals surface area (Å²) in [5.74, 6) is -1.25. The molecule has 17 heavy (non-hydrogen) atoms. The number of amides is 4. The number of carbonyl (C=O) groups excluding carboxylic acids is 4. The van der Waals surface area contributed by atoms with Gasteiger partial charge in [-0.25, -0.2) is 0 Å². The number of likely N-dealkylation sites (tertiary alicyclic amines) is 2. The Kier molecular flexibility index (Phi) is 2.52. The second-order valence-corrected chi connectivity index (χ2v) is 4.90. The number of nitrogens with zero attached hydrogens (tertiary/aromatic N) is 2. The predicted octanol–water partition coefficient (Wildman–Crippen LogP) is -0.470. The van der Waals surface area contributed by atoms with Crippen LogP contribution in [0.2, 0.25) is 0 Å². The smallest absolute Gasteiger partial charge is 0.229 e. The van der Waals surface area contributed by atoms with Crippen molar-refractivity contribution in [3.8, 4) is 0 Å². The van der Waals surface area contributed by atoms with Crippen LogP contribution in [0.15, 0.2) is 0 Å². The van der Waals surface area contributed by atoms with Crippen molar-refractivity contribution in [3.05, 3.63) is 0 Å². The molecule has 92 valence electrons. The van der Waals surface area contributed by atoms with Crippen molar-refractivity contribution < 1.29 is 19.2 Å². The zero-order valence-corrected chi connectivity index (χ0v) is 9.86. The monoisotopic (exact) mass is 238 g/mol. The fourth-order valence-corrected chi connectivity index (χ4v) is 2.41. The van der Waals surface area contributed by atoms with Gasteiger partial charge in [0, 0.05) is 45.2 Å². The van der Waals surface area contributed by atoms with E-state index in [0.29, 0.717) is 0 Å². The van der Waals surface area contributed by atoms with Gasteiger partial charge >= 0.3 is 0 Å². The van der Waals surface area contributed by atoms with Crippen LogP contribution in [-0.2, 0) is 19.2 Å². The topological polar surface area (TPSA) is 74.8 Å². The Hall–Kier alpha value is -1.72. The largest absolute Gasteiger partial charge is 0.286 e. The molecule has 2 aliphatic rings. The number of imide groups is 2. The number of rotatable bonds is 0. The van der Waals surface area contributed by atoms with Crippen molar-refractivity contribution in [2.45, 2.75) is 25.7 Å². The van der Waals surface area contributed by atoms with Gasteiger partial charge in [-0.05, 0) is 0 Å². The Labute approximate surface area is 98.5 Å². The average molecular weight is 238 g/mol. The maximum Gasteiger partial charge on any atom is 0.229 e. The molecule has 0 N–H and O–H groups in total. The summed E-state index contributed by atoms with van der Waals surface area (Å²) in [6.07, 6.45) is 0.391. The lowest BCUT2D eigenvalue weighted by molar-refractivity contribution is -0.160. The minimum atomic E-state index is -0.776. The molecular weight excluding hydrogens is 224 g/mol. The molecule has 2 aliphatic heterocycles. The molecule has 2 rings (SSSR count). The van der Waals surface area contributed by atoms with E-state index in [0.717, 1.165) is 9.80 Å². The first-order valence-corrected chi connectivity index (χ1v) is 5.43. The van der Waals surface area contributed by atoms with Gasteiger partial charge in [-0.1, -0.05) is 0 Å². The lowest BCUT2D eigenvalue weighted by atomic mass is 9.70. The maximum atomic E-state index is 11.6. The SMILES string of the molecule is CN1C(=O)CC2(CC1=O)CC(=O)N(C)C(=O)C2. The summed E-state index contributed by atoms with van der Waals surface area (Å²) in [6.45, 7) is 0. The number of hydrogen-bond acceptors (Lipinski definition) is 4. The molecule has 1 spiro atoms. The van der Waals surface area contributed by atoms with Gasteiger partial charge in [0.2, 0.25) is 23.6 Å². The zero-order valence-electron chi connectivity index (χ0n) is 9.86. The zero-order chi connectivity index (χ0) is 12.8. The highest BCUT2D eigenvalue weighted by atomic mass is 16.2. The van der Waals surface area contributed by atoms with Crippen LogP contribution in [0.25, 0.3) is 0 Å². The van der Waals surface area contributed by atoms with Crippen LogP contribution in [0.4, 0.5) is 0 Å². The second kappa shape index (κ2) is 3.65. The Balaban J connectivity index is 2.26. The number of hydrogen-bond donors (Lipinski definition) is 0. The molecule has 0 aromatic heterocycles. The van der Waals surface area contributed by atoms with Crippen molar-refractivity contribution in [2.24, 2.45) is 5.41 Å². The van der Waals surface area contributed by atoms with E-state index < -0.39 is 5.41 Å². The van der Waals surface area contributed by atoms with E-state index in [-0.39, 0.29) is 49.3 Å². The van der Waals surface area contributed by atoms with Crippen LogP contribution in [0.1, 0.15) is 25.7 Å². The van der Waals surface area contributed by atoms with E-state index in [9.17, 15) is 19.2 Å². The molecule has 0 aromatic rings. The van der Waals surface area contributed by atoms with E-state index in [1.807, 2.05) is 0 Å².